The van der Waals surface area contributed by atoms with Gasteiger partial charge in [-0.1, -0.05) is 18.5 Å². The SMILES string of the molecule is CCSCC(C)NC(=O)c1ccc([N+](=O)[O-])cc1Cl. The Balaban J connectivity index is 2.74. The van der Waals surface area contributed by atoms with Gasteiger partial charge in [0.25, 0.3) is 11.6 Å². The van der Waals surface area contributed by atoms with Crippen molar-refractivity contribution in [1.29, 1.82) is 0 Å². The first-order valence-corrected chi connectivity index (χ1v) is 7.31. The van der Waals surface area contributed by atoms with Crippen molar-refractivity contribution in [3.8, 4) is 0 Å². The average Bonchev–Trinajstić information content (AvgIpc) is 2.35. The van der Waals surface area contributed by atoms with Crippen molar-refractivity contribution in [1.82, 2.24) is 5.32 Å². The van der Waals surface area contributed by atoms with Crippen LogP contribution < -0.4 is 5.32 Å². The number of rotatable bonds is 6. The lowest BCUT2D eigenvalue weighted by atomic mass is 10.2. The van der Waals surface area contributed by atoms with Crippen LogP contribution >= 0.6 is 23.4 Å². The lowest BCUT2D eigenvalue weighted by molar-refractivity contribution is -0.384. The molecule has 0 radical (unpaired) electrons. The minimum absolute atomic E-state index is 0.0173. The van der Waals surface area contributed by atoms with Crippen LogP contribution in [0.25, 0.3) is 0 Å². The third-order valence-electron chi connectivity index (χ3n) is 2.36. The molecule has 1 atom stereocenters. The lowest BCUT2D eigenvalue weighted by Gasteiger charge is -2.13. The van der Waals surface area contributed by atoms with Gasteiger partial charge in [0.2, 0.25) is 0 Å². The van der Waals surface area contributed by atoms with Crippen LogP contribution in [0.5, 0.6) is 0 Å². The second-order valence-corrected chi connectivity index (χ2v) is 5.68. The third kappa shape index (κ3) is 4.72. The minimum Gasteiger partial charge on any atom is -0.349 e. The summed E-state index contributed by atoms with van der Waals surface area (Å²) < 4.78 is 0. The van der Waals surface area contributed by atoms with Crippen molar-refractivity contribution < 1.29 is 9.72 Å². The van der Waals surface area contributed by atoms with Crippen LogP contribution in [0, 0.1) is 10.1 Å². The standard InChI is InChI=1S/C12H15ClN2O3S/c1-3-19-7-8(2)14-12(16)10-5-4-9(15(17)18)6-11(10)13/h4-6,8H,3,7H2,1-2H3,(H,14,16). The fourth-order valence-electron chi connectivity index (χ4n) is 1.44. The number of halogens is 1. The summed E-state index contributed by atoms with van der Waals surface area (Å²) in [5, 5.41) is 13.5. The van der Waals surface area contributed by atoms with E-state index in [1.807, 2.05) is 13.8 Å². The second-order valence-electron chi connectivity index (χ2n) is 3.96. The van der Waals surface area contributed by atoms with E-state index in [1.165, 1.54) is 18.2 Å². The molecule has 0 aliphatic heterocycles. The fourth-order valence-corrected chi connectivity index (χ4v) is 2.37. The van der Waals surface area contributed by atoms with Crippen LogP contribution in [0.2, 0.25) is 5.02 Å². The number of nitrogens with one attached hydrogen (secondary N) is 1. The number of thioether (sulfide) groups is 1. The van der Waals surface area contributed by atoms with E-state index in [2.05, 4.69) is 5.32 Å². The zero-order chi connectivity index (χ0) is 14.4. The summed E-state index contributed by atoms with van der Waals surface area (Å²) in [4.78, 5) is 22.0. The first kappa shape index (κ1) is 15.8. The molecule has 1 aromatic carbocycles. The molecule has 5 nitrogen and oxygen atoms in total. The van der Waals surface area contributed by atoms with E-state index in [-0.39, 0.29) is 28.2 Å². The summed E-state index contributed by atoms with van der Waals surface area (Å²) in [5.41, 5.74) is 0.122. The van der Waals surface area contributed by atoms with E-state index in [0.717, 1.165) is 11.5 Å². The maximum atomic E-state index is 11.9. The Kier molecular flexibility index (Phi) is 6.11. The van der Waals surface area contributed by atoms with Crippen molar-refractivity contribution >= 4 is 35.0 Å². The quantitative estimate of drug-likeness (QED) is 0.647. The average molecular weight is 303 g/mol. The molecule has 0 heterocycles. The predicted molar refractivity (Wildman–Crippen MR) is 78.0 cm³/mol. The molecule has 0 bridgehead atoms. The number of carbonyl (C=O) groups is 1. The van der Waals surface area contributed by atoms with Gasteiger partial charge < -0.3 is 5.32 Å². The first-order valence-electron chi connectivity index (χ1n) is 5.78. The van der Waals surface area contributed by atoms with Crippen LogP contribution in [-0.2, 0) is 0 Å². The van der Waals surface area contributed by atoms with Crippen LogP contribution in [0.1, 0.15) is 24.2 Å². The maximum absolute atomic E-state index is 11.9. The van der Waals surface area contributed by atoms with Crippen molar-refractivity contribution in [3.63, 3.8) is 0 Å². The topological polar surface area (TPSA) is 72.2 Å². The molecule has 0 saturated carbocycles. The highest BCUT2D eigenvalue weighted by atomic mass is 35.5. The molecule has 1 N–H and O–H groups in total. The fraction of sp³-hybridized carbons (Fsp3) is 0.417. The normalized spacial score (nSPS) is 11.9. The summed E-state index contributed by atoms with van der Waals surface area (Å²) in [6.07, 6.45) is 0. The van der Waals surface area contributed by atoms with Gasteiger partial charge in [0, 0.05) is 23.9 Å². The highest BCUT2D eigenvalue weighted by Gasteiger charge is 2.16. The van der Waals surface area contributed by atoms with Crippen molar-refractivity contribution in [3.05, 3.63) is 38.9 Å². The van der Waals surface area contributed by atoms with Crippen LogP contribution in [0.3, 0.4) is 0 Å². The molecule has 0 aliphatic carbocycles. The second kappa shape index (κ2) is 7.35. The Hall–Kier alpha value is -1.27. The van der Waals surface area contributed by atoms with Gasteiger partial charge in [-0.05, 0) is 18.7 Å². The molecule has 1 rings (SSSR count). The molecule has 1 unspecified atom stereocenters. The summed E-state index contributed by atoms with van der Waals surface area (Å²) in [6, 6.07) is 3.84. The van der Waals surface area contributed by atoms with Crippen molar-refractivity contribution in [2.75, 3.05) is 11.5 Å². The molecule has 19 heavy (non-hydrogen) atoms. The number of nitrogens with zero attached hydrogens (tertiary/aromatic N) is 1. The van der Waals surface area contributed by atoms with Gasteiger partial charge in [0.05, 0.1) is 15.5 Å². The van der Waals surface area contributed by atoms with Crippen LogP contribution in [-0.4, -0.2) is 28.4 Å². The highest BCUT2D eigenvalue weighted by Crippen LogP contribution is 2.22. The number of amides is 1. The number of hydrogen-bond acceptors (Lipinski definition) is 4. The summed E-state index contributed by atoms with van der Waals surface area (Å²) >= 11 is 7.61. The smallest absolute Gasteiger partial charge is 0.270 e. The van der Waals surface area contributed by atoms with Gasteiger partial charge in [0.1, 0.15) is 0 Å². The number of nitro benzene ring substituents is 1. The van der Waals surface area contributed by atoms with Gasteiger partial charge in [-0.3, -0.25) is 14.9 Å². The first-order chi connectivity index (χ1) is 8.95. The van der Waals surface area contributed by atoms with E-state index >= 15 is 0 Å². The molecular formula is C12H15ClN2O3S. The van der Waals surface area contributed by atoms with Gasteiger partial charge in [0.15, 0.2) is 0 Å². The van der Waals surface area contributed by atoms with E-state index in [9.17, 15) is 14.9 Å². The number of nitro groups is 1. The van der Waals surface area contributed by atoms with Gasteiger partial charge in [-0.2, -0.15) is 11.8 Å². The lowest BCUT2D eigenvalue weighted by Crippen LogP contribution is -2.34. The number of hydrogen-bond donors (Lipinski definition) is 1. The summed E-state index contributed by atoms with van der Waals surface area (Å²) in [7, 11) is 0. The number of carbonyl (C=O) groups excluding carboxylic acids is 1. The molecule has 1 amide bonds. The molecule has 104 valence electrons. The monoisotopic (exact) mass is 302 g/mol. The minimum atomic E-state index is -0.548. The Labute approximate surface area is 120 Å². The maximum Gasteiger partial charge on any atom is 0.270 e. The Morgan fingerprint density at radius 1 is 1.58 bits per heavy atom. The Morgan fingerprint density at radius 2 is 2.26 bits per heavy atom. The Bertz CT molecular complexity index is 482. The van der Waals surface area contributed by atoms with E-state index in [4.69, 9.17) is 11.6 Å². The Morgan fingerprint density at radius 3 is 2.79 bits per heavy atom. The molecule has 0 spiro atoms. The molecule has 0 fully saturated rings. The zero-order valence-corrected chi connectivity index (χ0v) is 12.3. The van der Waals surface area contributed by atoms with Crippen molar-refractivity contribution in [2.45, 2.75) is 19.9 Å². The number of non-ortho nitro benzene ring substituents is 1. The number of benzene rings is 1. The zero-order valence-electron chi connectivity index (χ0n) is 10.7. The van der Waals surface area contributed by atoms with Crippen molar-refractivity contribution in [2.24, 2.45) is 0 Å². The third-order valence-corrected chi connectivity index (χ3v) is 3.81. The molecular weight excluding hydrogens is 288 g/mol. The summed E-state index contributed by atoms with van der Waals surface area (Å²) in [6.45, 7) is 3.95. The van der Waals surface area contributed by atoms with Crippen LogP contribution in [0.4, 0.5) is 5.69 Å². The molecule has 0 aliphatic rings. The van der Waals surface area contributed by atoms with Gasteiger partial charge in [-0.25, -0.2) is 0 Å². The molecule has 0 aromatic heterocycles. The highest BCUT2D eigenvalue weighted by molar-refractivity contribution is 7.99. The van der Waals surface area contributed by atoms with Crippen LogP contribution in [0.15, 0.2) is 18.2 Å². The molecule has 1 aromatic rings. The van der Waals surface area contributed by atoms with E-state index in [0.29, 0.717) is 0 Å². The molecule has 0 saturated heterocycles. The van der Waals surface area contributed by atoms with Gasteiger partial charge in [-0.15, -0.1) is 0 Å². The molecule has 7 heteroatoms. The van der Waals surface area contributed by atoms with E-state index in [1.54, 1.807) is 11.8 Å². The largest absolute Gasteiger partial charge is 0.349 e. The predicted octanol–water partition coefficient (Wildman–Crippen LogP) is 3.12. The summed E-state index contributed by atoms with van der Waals surface area (Å²) in [5.74, 6) is 1.48. The van der Waals surface area contributed by atoms with E-state index < -0.39 is 4.92 Å². The van der Waals surface area contributed by atoms with Gasteiger partial charge >= 0.3 is 0 Å².